The van der Waals surface area contributed by atoms with Crippen LogP contribution in [0.15, 0.2) is 36.7 Å². The molecule has 0 unspecified atom stereocenters. The highest BCUT2D eigenvalue weighted by atomic mass is 16.5. The topological polar surface area (TPSA) is 39.1 Å². The van der Waals surface area contributed by atoms with Gasteiger partial charge in [-0.1, -0.05) is 12.1 Å². The van der Waals surface area contributed by atoms with Crippen LogP contribution < -0.4 is 10.1 Å². The molecule has 2 aromatic rings. The first kappa shape index (κ1) is 12.2. The molecule has 0 spiro atoms. The van der Waals surface area contributed by atoms with Crippen molar-refractivity contribution in [3.63, 3.8) is 0 Å². The van der Waals surface area contributed by atoms with Gasteiger partial charge in [-0.3, -0.25) is 0 Å². The highest BCUT2D eigenvalue weighted by molar-refractivity contribution is 5.28. The lowest BCUT2D eigenvalue weighted by molar-refractivity contribution is 0.414. The molecule has 4 heteroatoms. The smallest absolute Gasteiger partial charge is 0.122 e. The summed E-state index contributed by atoms with van der Waals surface area (Å²) < 4.78 is 7.44. The Balaban J connectivity index is 1.69. The van der Waals surface area contributed by atoms with Gasteiger partial charge in [0.05, 0.1) is 13.7 Å². The summed E-state index contributed by atoms with van der Waals surface area (Å²) in [4.78, 5) is 4.42. The molecule has 4 nitrogen and oxygen atoms in total. The first-order chi connectivity index (χ1) is 9.35. The summed E-state index contributed by atoms with van der Waals surface area (Å²) in [5.74, 6) is 1.99. The average Bonchev–Trinajstić information content (AvgIpc) is 3.17. The summed E-state index contributed by atoms with van der Waals surface area (Å²) in [5.41, 5.74) is 1.23. The lowest BCUT2D eigenvalue weighted by atomic mass is 10.2. The average molecular weight is 257 g/mol. The quantitative estimate of drug-likeness (QED) is 0.862. The number of rotatable bonds is 6. The van der Waals surface area contributed by atoms with Crippen LogP contribution in [-0.4, -0.2) is 22.7 Å². The van der Waals surface area contributed by atoms with Crippen LogP contribution in [0.4, 0.5) is 0 Å². The minimum absolute atomic E-state index is 0.710. The normalized spacial score (nSPS) is 14.6. The number of nitrogens with zero attached hydrogens (tertiary/aromatic N) is 2. The van der Waals surface area contributed by atoms with Crippen molar-refractivity contribution in [2.24, 2.45) is 0 Å². The van der Waals surface area contributed by atoms with Gasteiger partial charge in [0, 0.05) is 25.0 Å². The van der Waals surface area contributed by atoms with Gasteiger partial charge < -0.3 is 14.6 Å². The molecule has 1 aromatic carbocycles. The standard InChI is InChI=1S/C15H19N3O/c1-19-14-4-2-3-12(9-14)11-18-8-7-16-15(18)10-17-13-5-6-13/h2-4,7-9,13,17H,5-6,10-11H2,1H3. The molecule has 1 saturated carbocycles. The number of ether oxygens (including phenoxy) is 1. The highest BCUT2D eigenvalue weighted by Crippen LogP contribution is 2.19. The summed E-state index contributed by atoms with van der Waals surface area (Å²) in [7, 11) is 1.70. The number of benzene rings is 1. The van der Waals surface area contributed by atoms with E-state index < -0.39 is 0 Å². The van der Waals surface area contributed by atoms with Crippen molar-refractivity contribution >= 4 is 0 Å². The van der Waals surface area contributed by atoms with Crippen LogP contribution in [0, 0.1) is 0 Å². The van der Waals surface area contributed by atoms with Crippen molar-refractivity contribution in [3.8, 4) is 5.75 Å². The zero-order chi connectivity index (χ0) is 13.1. The highest BCUT2D eigenvalue weighted by Gasteiger charge is 2.20. The molecule has 100 valence electrons. The summed E-state index contributed by atoms with van der Waals surface area (Å²) in [6.07, 6.45) is 6.50. The molecular weight excluding hydrogens is 238 g/mol. The third-order valence-corrected chi connectivity index (χ3v) is 3.41. The van der Waals surface area contributed by atoms with Crippen LogP contribution in [0.3, 0.4) is 0 Å². The number of hydrogen-bond donors (Lipinski definition) is 1. The van der Waals surface area contributed by atoms with E-state index in [0.29, 0.717) is 6.04 Å². The van der Waals surface area contributed by atoms with Gasteiger partial charge in [0.2, 0.25) is 0 Å². The Hall–Kier alpha value is -1.81. The van der Waals surface area contributed by atoms with Gasteiger partial charge in [-0.25, -0.2) is 4.98 Å². The van der Waals surface area contributed by atoms with Crippen molar-refractivity contribution in [2.45, 2.75) is 32.0 Å². The largest absolute Gasteiger partial charge is 0.497 e. The zero-order valence-corrected chi connectivity index (χ0v) is 11.2. The minimum Gasteiger partial charge on any atom is -0.497 e. The molecule has 0 radical (unpaired) electrons. The maximum atomic E-state index is 5.25. The van der Waals surface area contributed by atoms with E-state index in [1.807, 2.05) is 24.5 Å². The molecule has 1 aromatic heterocycles. The summed E-state index contributed by atoms with van der Waals surface area (Å²) in [6.45, 7) is 1.68. The Morgan fingerprint density at radius 2 is 2.32 bits per heavy atom. The van der Waals surface area contributed by atoms with E-state index in [1.165, 1.54) is 18.4 Å². The minimum atomic E-state index is 0.710. The zero-order valence-electron chi connectivity index (χ0n) is 11.2. The summed E-state index contributed by atoms with van der Waals surface area (Å²) in [5, 5.41) is 3.50. The fourth-order valence-electron chi connectivity index (χ4n) is 2.14. The second-order valence-corrected chi connectivity index (χ2v) is 4.98. The van der Waals surface area contributed by atoms with Crippen LogP contribution in [0.1, 0.15) is 24.2 Å². The number of aromatic nitrogens is 2. The third-order valence-electron chi connectivity index (χ3n) is 3.41. The number of imidazole rings is 1. The van der Waals surface area contributed by atoms with Crippen molar-refractivity contribution < 1.29 is 4.74 Å². The molecule has 0 saturated heterocycles. The van der Waals surface area contributed by atoms with Gasteiger partial charge in [-0.2, -0.15) is 0 Å². The van der Waals surface area contributed by atoms with Gasteiger partial charge in [0.1, 0.15) is 11.6 Å². The fraction of sp³-hybridized carbons (Fsp3) is 0.400. The van der Waals surface area contributed by atoms with Crippen molar-refractivity contribution in [3.05, 3.63) is 48.0 Å². The van der Waals surface area contributed by atoms with Crippen LogP contribution >= 0.6 is 0 Å². The second-order valence-electron chi connectivity index (χ2n) is 4.98. The predicted molar refractivity (Wildman–Crippen MR) is 74.2 cm³/mol. The maximum absolute atomic E-state index is 5.25. The van der Waals surface area contributed by atoms with E-state index in [-0.39, 0.29) is 0 Å². The van der Waals surface area contributed by atoms with Gasteiger partial charge in [0.25, 0.3) is 0 Å². The Kier molecular flexibility index (Phi) is 3.51. The van der Waals surface area contributed by atoms with Gasteiger partial charge in [0.15, 0.2) is 0 Å². The van der Waals surface area contributed by atoms with Crippen LogP contribution in [0.2, 0.25) is 0 Å². The van der Waals surface area contributed by atoms with E-state index in [2.05, 4.69) is 27.0 Å². The maximum Gasteiger partial charge on any atom is 0.122 e. The van der Waals surface area contributed by atoms with Gasteiger partial charge in [-0.05, 0) is 30.5 Å². The summed E-state index contributed by atoms with van der Waals surface area (Å²) >= 11 is 0. The Labute approximate surface area is 113 Å². The predicted octanol–water partition coefficient (Wildman–Crippen LogP) is 2.19. The molecule has 1 fully saturated rings. The SMILES string of the molecule is COc1cccc(Cn2ccnc2CNC2CC2)c1. The number of methoxy groups -OCH3 is 1. The van der Waals surface area contributed by atoms with Crippen LogP contribution in [-0.2, 0) is 13.1 Å². The number of nitrogens with one attached hydrogen (secondary N) is 1. The third kappa shape index (κ3) is 3.15. The first-order valence-corrected chi connectivity index (χ1v) is 6.71. The second kappa shape index (κ2) is 5.45. The van der Waals surface area contributed by atoms with Crippen molar-refractivity contribution in [2.75, 3.05) is 7.11 Å². The molecule has 1 aliphatic carbocycles. The molecule has 3 rings (SSSR count). The molecule has 0 bridgehead atoms. The first-order valence-electron chi connectivity index (χ1n) is 6.71. The van der Waals surface area contributed by atoms with E-state index in [1.54, 1.807) is 7.11 Å². The molecule has 0 atom stereocenters. The lowest BCUT2D eigenvalue weighted by Gasteiger charge is -2.09. The van der Waals surface area contributed by atoms with Crippen LogP contribution in [0.25, 0.3) is 0 Å². The molecule has 1 aliphatic rings. The van der Waals surface area contributed by atoms with Gasteiger partial charge in [-0.15, -0.1) is 0 Å². The fourth-order valence-corrected chi connectivity index (χ4v) is 2.14. The summed E-state index contributed by atoms with van der Waals surface area (Å²) in [6, 6.07) is 8.88. The van der Waals surface area contributed by atoms with E-state index in [9.17, 15) is 0 Å². The molecular formula is C15H19N3O. The number of hydrogen-bond acceptors (Lipinski definition) is 3. The van der Waals surface area contributed by atoms with E-state index in [0.717, 1.165) is 24.7 Å². The van der Waals surface area contributed by atoms with Gasteiger partial charge >= 0.3 is 0 Å². The Bertz CT molecular complexity index is 546. The Morgan fingerprint density at radius 1 is 1.42 bits per heavy atom. The molecule has 0 aliphatic heterocycles. The Morgan fingerprint density at radius 3 is 3.11 bits per heavy atom. The lowest BCUT2D eigenvalue weighted by Crippen LogP contribution is -2.19. The van der Waals surface area contributed by atoms with Crippen LogP contribution in [0.5, 0.6) is 5.75 Å². The molecule has 1 heterocycles. The molecule has 1 N–H and O–H groups in total. The van der Waals surface area contributed by atoms with E-state index >= 15 is 0 Å². The van der Waals surface area contributed by atoms with E-state index in [4.69, 9.17) is 4.74 Å². The molecule has 0 amide bonds. The monoisotopic (exact) mass is 257 g/mol. The van der Waals surface area contributed by atoms with Crippen molar-refractivity contribution in [1.82, 2.24) is 14.9 Å². The van der Waals surface area contributed by atoms with Crippen molar-refractivity contribution in [1.29, 1.82) is 0 Å². The molecule has 19 heavy (non-hydrogen) atoms.